The van der Waals surface area contributed by atoms with Crippen LogP contribution in [0, 0.1) is 0 Å². The smallest absolute Gasteiger partial charge is 0.0823 e. The van der Waals surface area contributed by atoms with Crippen molar-refractivity contribution >= 4 is 10.8 Å². The maximum Gasteiger partial charge on any atom is 0.0823 e. The Morgan fingerprint density at radius 1 is 1.20 bits per heavy atom. The molecule has 3 nitrogen and oxygen atoms in total. The lowest BCUT2D eigenvalue weighted by molar-refractivity contribution is 0.649. The second kappa shape index (κ2) is 4.82. The molecule has 0 fully saturated rings. The van der Waals surface area contributed by atoms with E-state index in [1.165, 1.54) is 0 Å². The molecule has 0 bridgehead atoms. The third-order valence-electron chi connectivity index (χ3n) is 1.40. The van der Waals surface area contributed by atoms with Crippen LogP contribution in [0.15, 0.2) is 0 Å². The van der Waals surface area contributed by atoms with Crippen LogP contribution in [-0.2, 0) is 10.8 Å². The standard InChI is InChI=1S/C6H16N2OS/c1-3-5(7)10(9)6(8)4-2/h5-6H,3-4,7-8H2,1-2H3. The number of hydrogen-bond acceptors (Lipinski definition) is 3. The molecule has 2 atom stereocenters. The fourth-order valence-corrected chi connectivity index (χ4v) is 1.66. The number of hydrogen-bond donors (Lipinski definition) is 2. The van der Waals surface area contributed by atoms with Crippen LogP contribution < -0.4 is 11.5 Å². The SMILES string of the molecule is CCC(N)S(=O)C(N)CC. The van der Waals surface area contributed by atoms with Gasteiger partial charge in [-0.25, -0.2) is 0 Å². The van der Waals surface area contributed by atoms with Gasteiger partial charge in [0, 0.05) is 0 Å². The molecule has 62 valence electrons. The van der Waals surface area contributed by atoms with Gasteiger partial charge in [0.1, 0.15) is 0 Å². The molecule has 0 aromatic heterocycles. The maximum atomic E-state index is 11.2. The summed E-state index contributed by atoms with van der Waals surface area (Å²) < 4.78 is 11.2. The van der Waals surface area contributed by atoms with Gasteiger partial charge in [0.15, 0.2) is 0 Å². The molecule has 0 rings (SSSR count). The van der Waals surface area contributed by atoms with Crippen LogP contribution >= 0.6 is 0 Å². The Morgan fingerprint density at radius 3 is 1.70 bits per heavy atom. The van der Waals surface area contributed by atoms with Crippen molar-refractivity contribution in [2.45, 2.75) is 37.4 Å². The first-order chi connectivity index (χ1) is 4.63. The summed E-state index contributed by atoms with van der Waals surface area (Å²) in [6.07, 6.45) is 1.45. The van der Waals surface area contributed by atoms with Crippen molar-refractivity contribution in [3.05, 3.63) is 0 Å². The summed E-state index contributed by atoms with van der Waals surface area (Å²) >= 11 is 0. The van der Waals surface area contributed by atoms with E-state index in [1.807, 2.05) is 13.8 Å². The minimum atomic E-state index is -1.05. The van der Waals surface area contributed by atoms with Crippen molar-refractivity contribution < 1.29 is 4.21 Å². The van der Waals surface area contributed by atoms with Crippen molar-refractivity contribution in [1.29, 1.82) is 0 Å². The zero-order chi connectivity index (χ0) is 8.15. The van der Waals surface area contributed by atoms with E-state index in [2.05, 4.69) is 0 Å². The summed E-state index contributed by atoms with van der Waals surface area (Å²) in [5.74, 6) is 0. The van der Waals surface area contributed by atoms with Gasteiger partial charge in [-0.3, -0.25) is 4.21 Å². The van der Waals surface area contributed by atoms with Crippen LogP contribution in [0.5, 0.6) is 0 Å². The van der Waals surface area contributed by atoms with Crippen molar-refractivity contribution in [2.75, 3.05) is 0 Å². The van der Waals surface area contributed by atoms with Crippen LogP contribution in [0.3, 0.4) is 0 Å². The third-order valence-corrected chi connectivity index (χ3v) is 3.26. The van der Waals surface area contributed by atoms with Gasteiger partial charge in [0.25, 0.3) is 0 Å². The van der Waals surface area contributed by atoms with Gasteiger partial charge in [0.2, 0.25) is 0 Å². The average molecular weight is 164 g/mol. The maximum absolute atomic E-state index is 11.2. The van der Waals surface area contributed by atoms with Crippen molar-refractivity contribution in [3.8, 4) is 0 Å². The Bertz CT molecular complexity index is 106. The predicted octanol–water partition coefficient (Wildman–Crippen LogP) is 0.125. The van der Waals surface area contributed by atoms with E-state index >= 15 is 0 Å². The summed E-state index contributed by atoms with van der Waals surface area (Å²) in [5, 5.41) is -0.509. The topological polar surface area (TPSA) is 69.1 Å². The van der Waals surface area contributed by atoms with Gasteiger partial charge in [0.05, 0.1) is 21.5 Å². The van der Waals surface area contributed by atoms with Crippen LogP contribution in [-0.4, -0.2) is 15.0 Å². The fourth-order valence-electron chi connectivity index (χ4n) is 0.553. The molecule has 0 heterocycles. The molecule has 2 unspecified atom stereocenters. The highest BCUT2D eigenvalue weighted by Gasteiger charge is 2.14. The molecule has 0 aromatic rings. The van der Waals surface area contributed by atoms with Crippen LogP contribution in [0.2, 0.25) is 0 Å². The Balaban J connectivity index is 3.82. The molecule has 0 aliphatic heterocycles. The average Bonchev–Trinajstić information content (AvgIpc) is 2.00. The van der Waals surface area contributed by atoms with E-state index in [4.69, 9.17) is 11.5 Å². The summed E-state index contributed by atoms with van der Waals surface area (Å²) in [6.45, 7) is 3.82. The van der Waals surface area contributed by atoms with Crippen LogP contribution in [0.1, 0.15) is 26.7 Å². The van der Waals surface area contributed by atoms with Crippen molar-refractivity contribution in [2.24, 2.45) is 11.5 Å². The van der Waals surface area contributed by atoms with Gasteiger partial charge in [-0.2, -0.15) is 0 Å². The number of nitrogens with two attached hydrogens (primary N) is 2. The van der Waals surface area contributed by atoms with E-state index in [0.29, 0.717) is 0 Å². The molecule has 0 saturated carbocycles. The molecule has 10 heavy (non-hydrogen) atoms. The molecule has 0 spiro atoms. The first kappa shape index (κ1) is 10.1. The lowest BCUT2D eigenvalue weighted by Crippen LogP contribution is -2.36. The van der Waals surface area contributed by atoms with Crippen LogP contribution in [0.4, 0.5) is 0 Å². The first-order valence-electron chi connectivity index (χ1n) is 3.54. The molecular weight excluding hydrogens is 148 g/mol. The van der Waals surface area contributed by atoms with Crippen molar-refractivity contribution in [1.82, 2.24) is 0 Å². The van der Waals surface area contributed by atoms with E-state index in [0.717, 1.165) is 12.8 Å². The Kier molecular flexibility index (Phi) is 4.85. The summed E-state index contributed by atoms with van der Waals surface area (Å²) in [4.78, 5) is 0. The Hall–Kier alpha value is 0.0700. The lowest BCUT2D eigenvalue weighted by Gasteiger charge is -2.13. The fraction of sp³-hybridized carbons (Fsp3) is 1.00. The summed E-state index contributed by atoms with van der Waals surface area (Å²) in [5.41, 5.74) is 11.0. The lowest BCUT2D eigenvalue weighted by atomic mass is 10.5. The van der Waals surface area contributed by atoms with Gasteiger partial charge in [-0.15, -0.1) is 0 Å². The zero-order valence-corrected chi connectivity index (χ0v) is 7.36. The minimum Gasteiger partial charge on any atom is -0.317 e. The van der Waals surface area contributed by atoms with Crippen LogP contribution in [0.25, 0.3) is 0 Å². The van der Waals surface area contributed by atoms with E-state index in [9.17, 15) is 4.21 Å². The molecule has 4 heteroatoms. The largest absolute Gasteiger partial charge is 0.317 e. The van der Waals surface area contributed by atoms with E-state index in [1.54, 1.807) is 0 Å². The van der Waals surface area contributed by atoms with Gasteiger partial charge < -0.3 is 11.5 Å². The monoisotopic (exact) mass is 164 g/mol. The quantitative estimate of drug-likeness (QED) is 0.620. The Morgan fingerprint density at radius 2 is 1.50 bits per heavy atom. The van der Waals surface area contributed by atoms with Gasteiger partial charge in [-0.1, -0.05) is 13.8 Å². The summed E-state index contributed by atoms with van der Waals surface area (Å²) in [6, 6.07) is 0. The highest BCUT2D eigenvalue weighted by molar-refractivity contribution is 7.86. The molecule has 0 aliphatic rings. The van der Waals surface area contributed by atoms with Crippen molar-refractivity contribution in [3.63, 3.8) is 0 Å². The second-order valence-corrected chi connectivity index (χ2v) is 4.09. The highest BCUT2D eigenvalue weighted by Crippen LogP contribution is 2.01. The molecule has 0 amide bonds. The molecule has 0 aromatic carbocycles. The highest BCUT2D eigenvalue weighted by atomic mass is 32.2. The predicted molar refractivity (Wildman–Crippen MR) is 44.7 cm³/mol. The van der Waals surface area contributed by atoms with Gasteiger partial charge in [-0.05, 0) is 12.8 Å². The molecular formula is C6H16N2OS. The third kappa shape index (κ3) is 2.77. The molecule has 0 radical (unpaired) electrons. The molecule has 4 N–H and O–H groups in total. The minimum absolute atomic E-state index is 0.255. The Labute approximate surface area is 64.6 Å². The molecule has 0 saturated heterocycles. The normalized spacial score (nSPS) is 20.0. The second-order valence-electron chi connectivity index (χ2n) is 2.22. The number of rotatable bonds is 4. The van der Waals surface area contributed by atoms with E-state index < -0.39 is 10.8 Å². The zero-order valence-electron chi connectivity index (χ0n) is 6.54. The summed E-state index contributed by atoms with van der Waals surface area (Å²) in [7, 11) is -1.05. The first-order valence-corrected chi connectivity index (χ1v) is 4.81. The molecule has 0 aliphatic carbocycles. The van der Waals surface area contributed by atoms with E-state index in [-0.39, 0.29) is 10.7 Å². The van der Waals surface area contributed by atoms with Gasteiger partial charge >= 0.3 is 0 Å².